The first-order valence-electron chi connectivity index (χ1n) is 10.6. The number of nitrogens with zero attached hydrogens (tertiary/aromatic N) is 3. The van der Waals surface area contributed by atoms with Gasteiger partial charge in [-0.25, -0.2) is 13.5 Å². The van der Waals surface area contributed by atoms with Crippen LogP contribution in [0.2, 0.25) is 0 Å². The fraction of sp³-hybridized carbons (Fsp3) is 0.200. The number of amides is 1. The zero-order valence-electron chi connectivity index (χ0n) is 18.0. The first-order valence-corrected chi connectivity index (χ1v) is 10.6. The number of hydrogen-bond acceptors (Lipinski definition) is 3. The van der Waals surface area contributed by atoms with E-state index < -0.39 is 6.23 Å². The third-order valence-electron chi connectivity index (χ3n) is 5.77. The Morgan fingerprint density at radius 1 is 1.15 bits per heavy atom. The maximum absolute atomic E-state index is 14.3. The first-order chi connectivity index (χ1) is 16.0. The average molecular weight is 448 g/mol. The van der Waals surface area contributed by atoms with E-state index in [1.54, 1.807) is 40.2 Å². The highest BCUT2D eigenvalue weighted by Gasteiger charge is 2.36. The lowest BCUT2D eigenvalue weighted by molar-refractivity contribution is -0.128. The van der Waals surface area contributed by atoms with E-state index in [0.717, 1.165) is 11.1 Å². The fourth-order valence-electron chi connectivity index (χ4n) is 4.04. The van der Waals surface area contributed by atoms with Gasteiger partial charge < -0.3 is 14.6 Å². The minimum atomic E-state index is -0.662. The van der Waals surface area contributed by atoms with Crippen LogP contribution in [0.5, 0.6) is 0 Å². The number of carbonyl (C=O) groups excluding carboxylic acids is 1. The molecular weight excluding hydrogens is 426 g/mol. The van der Waals surface area contributed by atoms with Gasteiger partial charge in [0.2, 0.25) is 0 Å². The molecule has 3 heterocycles. The second-order valence-electron chi connectivity index (χ2n) is 8.05. The average Bonchev–Trinajstić information content (AvgIpc) is 3.53. The molecule has 0 radical (unpaired) electrons. The smallest absolute Gasteiger partial charge is 0.250 e. The standard InChI is InChI=1S/C25H22F2N4O2/c1-16-2-3-17(22(27)12-16)9-11-30-23(32)15-33-25(30)21-14-31(20-6-4-19(26)5-7-20)29-24(21)18-8-10-28-13-18/h2-8,10,12-14,25,28H,9,11,15H2,1H3. The van der Waals surface area contributed by atoms with E-state index in [1.807, 2.05) is 25.3 Å². The number of hydrogen-bond donors (Lipinski definition) is 1. The van der Waals surface area contributed by atoms with Crippen molar-refractivity contribution in [2.24, 2.45) is 0 Å². The Labute approximate surface area is 189 Å². The maximum atomic E-state index is 14.3. The van der Waals surface area contributed by atoms with Gasteiger partial charge in [-0.2, -0.15) is 5.10 Å². The van der Waals surface area contributed by atoms with Crippen LogP contribution in [0.25, 0.3) is 16.9 Å². The molecule has 1 N–H and O–H groups in total. The lowest BCUT2D eigenvalue weighted by Crippen LogP contribution is -2.31. The highest BCUT2D eigenvalue weighted by Crippen LogP contribution is 2.35. The van der Waals surface area contributed by atoms with Gasteiger partial charge in [0.1, 0.15) is 23.9 Å². The van der Waals surface area contributed by atoms with E-state index in [1.165, 1.54) is 18.2 Å². The molecule has 33 heavy (non-hydrogen) atoms. The molecule has 1 amide bonds. The third-order valence-corrected chi connectivity index (χ3v) is 5.77. The first kappa shape index (κ1) is 21.1. The van der Waals surface area contributed by atoms with Gasteiger partial charge in [-0.05, 0) is 60.9 Å². The van der Waals surface area contributed by atoms with Gasteiger partial charge in [0.15, 0.2) is 6.23 Å². The molecule has 1 fully saturated rings. The van der Waals surface area contributed by atoms with Crippen molar-refractivity contribution in [2.75, 3.05) is 13.2 Å². The highest BCUT2D eigenvalue weighted by atomic mass is 19.1. The Hall–Kier alpha value is -3.78. The molecule has 1 saturated heterocycles. The number of carbonyl (C=O) groups is 1. The molecule has 6 nitrogen and oxygen atoms in total. The predicted octanol–water partition coefficient (Wildman–Crippen LogP) is 4.55. The summed E-state index contributed by atoms with van der Waals surface area (Å²) in [5, 5.41) is 4.70. The van der Waals surface area contributed by atoms with Crippen molar-refractivity contribution >= 4 is 5.91 Å². The molecule has 1 atom stereocenters. The molecule has 2 aromatic heterocycles. The number of benzene rings is 2. The van der Waals surface area contributed by atoms with Crippen LogP contribution in [-0.2, 0) is 16.0 Å². The Morgan fingerprint density at radius 3 is 2.70 bits per heavy atom. The molecule has 1 unspecified atom stereocenters. The van der Waals surface area contributed by atoms with E-state index in [-0.39, 0.29) is 24.1 Å². The third kappa shape index (κ3) is 4.17. The molecule has 0 bridgehead atoms. The number of rotatable bonds is 6. The van der Waals surface area contributed by atoms with Gasteiger partial charge in [0.05, 0.1) is 5.69 Å². The summed E-state index contributed by atoms with van der Waals surface area (Å²) in [6, 6.07) is 13.0. The van der Waals surface area contributed by atoms with Crippen molar-refractivity contribution in [3.63, 3.8) is 0 Å². The van der Waals surface area contributed by atoms with Crippen molar-refractivity contribution in [2.45, 2.75) is 19.6 Å². The van der Waals surface area contributed by atoms with Crippen LogP contribution in [0.1, 0.15) is 22.9 Å². The number of ether oxygens (including phenoxy) is 1. The Bertz CT molecular complexity index is 1280. The molecule has 168 valence electrons. The Balaban J connectivity index is 1.48. The lowest BCUT2D eigenvalue weighted by Gasteiger charge is -2.23. The molecule has 2 aromatic carbocycles. The monoisotopic (exact) mass is 448 g/mol. The summed E-state index contributed by atoms with van der Waals surface area (Å²) in [5.74, 6) is -0.783. The second-order valence-corrected chi connectivity index (χ2v) is 8.05. The minimum Gasteiger partial charge on any atom is -0.367 e. The van der Waals surface area contributed by atoms with E-state index >= 15 is 0 Å². The topological polar surface area (TPSA) is 63.1 Å². The molecule has 0 saturated carbocycles. The SMILES string of the molecule is Cc1ccc(CCN2C(=O)COC2c2cn(-c3ccc(F)cc3)nc2-c2cc[nH]c2)c(F)c1. The zero-order chi connectivity index (χ0) is 22.9. The molecule has 0 spiro atoms. The van der Waals surface area contributed by atoms with Crippen LogP contribution in [0.3, 0.4) is 0 Å². The maximum Gasteiger partial charge on any atom is 0.250 e. The van der Waals surface area contributed by atoms with Gasteiger partial charge in [-0.3, -0.25) is 4.79 Å². The summed E-state index contributed by atoms with van der Waals surface area (Å²) >= 11 is 0. The van der Waals surface area contributed by atoms with Crippen LogP contribution < -0.4 is 0 Å². The molecule has 1 aliphatic rings. The highest BCUT2D eigenvalue weighted by molar-refractivity contribution is 5.80. The number of aromatic amines is 1. The van der Waals surface area contributed by atoms with Crippen molar-refractivity contribution in [1.29, 1.82) is 0 Å². The normalized spacial score (nSPS) is 16.0. The van der Waals surface area contributed by atoms with Gasteiger partial charge in [0.25, 0.3) is 5.91 Å². The largest absolute Gasteiger partial charge is 0.367 e. The van der Waals surface area contributed by atoms with Crippen molar-refractivity contribution in [3.05, 3.63) is 95.4 Å². The Kier molecular flexibility index (Phi) is 5.51. The van der Waals surface area contributed by atoms with Crippen LogP contribution in [-0.4, -0.2) is 38.7 Å². The summed E-state index contributed by atoms with van der Waals surface area (Å²) in [4.78, 5) is 17.3. The number of H-pyrrole nitrogens is 1. The zero-order valence-corrected chi connectivity index (χ0v) is 18.0. The van der Waals surface area contributed by atoms with Gasteiger partial charge in [0, 0.05) is 36.3 Å². The summed E-state index contributed by atoms with van der Waals surface area (Å²) < 4.78 is 35.2. The van der Waals surface area contributed by atoms with E-state index in [4.69, 9.17) is 9.84 Å². The fourth-order valence-corrected chi connectivity index (χ4v) is 4.04. The van der Waals surface area contributed by atoms with Gasteiger partial charge in [-0.15, -0.1) is 0 Å². The summed E-state index contributed by atoms with van der Waals surface area (Å²) in [6.07, 6.45) is 5.09. The molecule has 5 rings (SSSR count). The second kappa shape index (κ2) is 8.63. The quantitative estimate of drug-likeness (QED) is 0.471. The van der Waals surface area contributed by atoms with Crippen LogP contribution in [0.4, 0.5) is 8.78 Å². The minimum absolute atomic E-state index is 0.0602. The van der Waals surface area contributed by atoms with Crippen molar-refractivity contribution in [1.82, 2.24) is 19.7 Å². The van der Waals surface area contributed by atoms with Crippen LogP contribution >= 0.6 is 0 Å². The number of aromatic nitrogens is 3. The predicted molar refractivity (Wildman–Crippen MR) is 119 cm³/mol. The van der Waals surface area contributed by atoms with Gasteiger partial charge >= 0.3 is 0 Å². The molecule has 1 aliphatic heterocycles. The molecule has 8 heteroatoms. The van der Waals surface area contributed by atoms with E-state index in [9.17, 15) is 13.6 Å². The van der Waals surface area contributed by atoms with Crippen LogP contribution in [0, 0.1) is 18.6 Å². The summed E-state index contributed by atoms with van der Waals surface area (Å²) in [7, 11) is 0. The van der Waals surface area contributed by atoms with Gasteiger partial charge in [-0.1, -0.05) is 12.1 Å². The molecule has 4 aromatic rings. The summed E-state index contributed by atoms with van der Waals surface area (Å²) in [5.41, 5.74) is 4.25. The van der Waals surface area contributed by atoms with E-state index in [0.29, 0.717) is 35.5 Å². The van der Waals surface area contributed by atoms with Crippen LogP contribution in [0.15, 0.2) is 67.1 Å². The summed E-state index contributed by atoms with van der Waals surface area (Å²) in [6.45, 7) is 2.08. The number of halogens is 2. The molecular formula is C25H22F2N4O2. The lowest BCUT2D eigenvalue weighted by atomic mass is 10.1. The van der Waals surface area contributed by atoms with Crippen molar-refractivity contribution in [3.8, 4) is 16.9 Å². The number of nitrogens with one attached hydrogen (secondary N) is 1. The number of aryl methyl sites for hydroxylation is 1. The van der Waals surface area contributed by atoms with Crippen molar-refractivity contribution < 1.29 is 18.3 Å². The van der Waals surface area contributed by atoms with E-state index in [2.05, 4.69) is 4.98 Å². The Morgan fingerprint density at radius 2 is 1.97 bits per heavy atom. The molecule has 0 aliphatic carbocycles.